The predicted molar refractivity (Wildman–Crippen MR) is 50.7 cm³/mol. The number of nitrogen functional groups attached to an aromatic ring is 2. The first-order valence-electron chi connectivity index (χ1n) is 3.95. The molecule has 0 bridgehead atoms. The monoisotopic (exact) mass is 193 g/mol. The first-order chi connectivity index (χ1) is 6.70. The van der Waals surface area contributed by atoms with Crippen molar-refractivity contribution in [1.29, 1.82) is 0 Å². The van der Waals surface area contributed by atoms with Gasteiger partial charge in [-0.1, -0.05) is 17.3 Å². The fourth-order valence-electron chi connectivity index (χ4n) is 1.16. The third kappa shape index (κ3) is 1.19. The van der Waals surface area contributed by atoms with Crippen molar-refractivity contribution < 1.29 is 8.91 Å². The third-order valence-corrected chi connectivity index (χ3v) is 1.88. The van der Waals surface area contributed by atoms with E-state index in [0.717, 1.165) is 0 Å². The highest BCUT2D eigenvalue weighted by Crippen LogP contribution is 2.30. The zero-order valence-electron chi connectivity index (χ0n) is 7.20. The number of nitrogens with two attached hydrogens (primary N) is 2. The molecule has 0 radical (unpaired) electrons. The highest BCUT2D eigenvalue weighted by Gasteiger charge is 2.14. The molecule has 0 unspecified atom stereocenters. The number of halogens is 1. The molecule has 14 heavy (non-hydrogen) atoms. The highest BCUT2D eigenvalue weighted by molar-refractivity contribution is 5.78. The number of hydrogen-bond acceptors (Lipinski definition) is 4. The van der Waals surface area contributed by atoms with Crippen LogP contribution >= 0.6 is 0 Å². The van der Waals surface area contributed by atoms with Crippen LogP contribution in [-0.2, 0) is 0 Å². The average molecular weight is 193 g/mol. The van der Waals surface area contributed by atoms with Gasteiger partial charge in [0, 0.05) is 5.56 Å². The Morgan fingerprint density at radius 3 is 2.50 bits per heavy atom. The van der Waals surface area contributed by atoms with Gasteiger partial charge in [0.25, 0.3) is 0 Å². The maximum atomic E-state index is 13.3. The van der Waals surface area contributed by atoms with Crippen molar-refractivity contribution >= 4 is 11.6 Å². The Kier molecular flexibility index (Phi) is 1.85. The lowest BCUT2D eigenvalue weighted by molar-refractivity contribution is 0.439. The van der Waals surface area contributed by atoms with Gasteiger partial charge in [0.15, 0.2) is 0 Å². The number of nitrogens with zero attached hydrogens (tertiary/aromatic N) is 1. The molecule has 1 aromatic heterocycles. The van der Waals surface area contributed by atoms with Crippen LogP contribution in [0.4, 0.5) is 16.0 Å². The van der Waals surface area contributed by atoms with E-state index in [4.69, 9.17) is 11.5 Å². The molecular formula is C9H8FN3O. The normalized spacial score (nSPS) is 10.4. The lowest BCUT2D eigenvalue weighted by atomic mass is 10.1. The standard InChI is InChI=1S/C9H8FN3O/c10-6-4-2-1-3-5(6)8-7(11)9(12)14-13-8/h1-4H,11-12H2. The van der Waals surface area contributed by atoms with E-state index in [1.165, 1.54) is 6.07 Å². The van der Waals surface area contributed by atoms with Crippen LogP contribution in [0.1, 0.15) is 0 Å². The van der Waals surface area contributed by atoms with Gasteiger partial charge >= 0.3 is 0 Å². The summed E-state index contributed by atoms with van der Waals surface area (Å²) in [6.45, 7) is 0. The zero-order valence-corrected chi connectivity index (χ0v) is 7.20. The van der Waals surface area contributed by atoms with Gasteiger partial charge in [-0.25, -0.2) is 4.39 Å². The molecule has 0 spiro atoms. The zero-order chi connectivity index (χ0) is 10.1. The lowest BCUT2D eigenvalue weighted by Crippen LogP contribution is -1.93. The number of aromatic nitrogens is 1. The van der Waals surface area contributed by atoms with Crippen molar-refractivity contribution in [2.45, 2.75) is 0 Å². The maximum absolute atomic E-state index is 13.3. The minimum absolute atomic E-state index is 0.00301. The van der Waals surface area contributed by atoms with Gasteiger partial charge in [-0.05, 0) is 12.1 Å². The van der Waals surface area contributed by atoms with Crippen LogP contribution in [0.25, 0.3) is 11.3 Å². The van der Waals surface area contributed by atoms with Gasteiger partial charge in [-0.15, -0.1) is 0 Å². The van der Waals surface area contributed by atoms with E-state index in [9.17, 15) is 4.39 Å². The van der Waals surface area contributed by atoms with E-state index < -0.39 is 5.82 Å². The molecule has 0 amide bonds. The Labute approximate surface area is 79.3 Å². The molecule has 0 aliphatic carbocycles. The molecule has 4 nitrogen and oxygen atoms in total. The summed E-state index contributed by atoms with van der Waals surface area (Å²) in [5.41, 5.74) is 11.6. The van der Waals surface area contributed by atoms with Crippen molar-refractivity contribution in [1.82, 2.24) is 5.16 Å². The Morgan fingerprint density at radius 2 is 1.93 bits per heavy atom. The molecule has 0 aliphatic heterocycles. The Balaban J connectivity index is 2.60. The summed E-state index contributed by atoms with van der Waals surface area (Å²) in [5.74, 6) is -0.407. The van der Waals surface area contributed by atoms with Crippen LogP contribution in [0.15, 0.2) is 28.8 Å². The van der Waals surface area contributed by atoms with E-state index in [-0.39, 0.29) is 22.8 Å². The Bertz CT molecular complexity index is 467. The number of hydrogen-bond donors (Lipinski definition) is 2. The highest BCUT2D eigenvalue weighted by atomic mass is 19.1. The van der Waals surface area contributed by atoms with Crippen LogP contribution < -0.4 is 11.5 Å². The predicted octanol–water partition coefficient (Wildman–Crippen LogP) is 1.65. The number of anilines is 2. The molecule has 72 valence electrons. The number of rotatable bonds is 1. The Morgan fingerprint density at radius 1 is 1.21 bits per heavy atom. The molecule has 0 atom stereocenters. The molecule has 0 saturated carbocycles. The first-order valence-corrected chi connectivity index (χ1v) is 3.95. The molecule has 5 heteroatoms. The van der Waals surface area contributed by atoms with E-state index >= 15 is 0 Å². The second-order valence-corrected chi connectivity index (χ2v) is 2.79. The Hall–Kier alpha value is -2.04. The van der Waals surface area contributed by atoms with Gasteiger partial charge in [0.2, 0.25) is 5.88 Å². The summed E-state index contributed by atoms with van der Waals surface area (Å²) in [7, 11) is 0. The van der Waals surface area contributed by atoms with Crippen LogP contribution in [0.2, 0.25) is 0 Å². The smallest absolute Gasteiger partial charge is 0.245 e. The van der Waals surface area contributed by atoms with Gasteiger partial charge in [0.1, 0.15) is 17.2 Å². The summed E-state index contributed by atoms with van der Waals surface area (Å²) < 4.78 is 17.9. The van der Waals surface area contributed by atoms with E-state index in [0.29, 0.717) is 0 Å². The first kappa shape index (κ1) is 8.55. The van der Waals surface area contributed by atoms with Crippen molar-refractivity contribution in [3.05, 3.63) is 30.1 Å². The third-order valence-electron chi connectivity index (χ3n) is 1.88. The van der Waals surface area contributed by atoms with Crippen molar-refractivity contribution in [3.8, 4) is 11.3 Å². The second kappa shape index (κ2) is 3.02. The molecule has 1 heterocycles. The topological polar surface area (TPSA) is 78.1 Å². The molecule has 0 saturated heterocycles. The van der Waals surface area contributed by atoms with Gasteiger partial charge in [-0.3, -0.25) is 0 Å². The van der Waals surface area contributed by atoms with Crippen LogP contribution in [0.5, 0.6) is 0 Å². The molecular weight excluding hydrogens is 185 g/mol. The molecule has 0 aliphatic rings. The second-order valence-electron chi connectivity index (χ2n) is 2.79. The fraction of sp³-hybridized carbons (Fsp3) is 0. The van der Waals surface area contributed by atoms with Crippen molar-refractivity contribution in [3.63, 3.8) is 0 Å². The fourth-order valence-corrected chi connectivity index (χ4v) is 1.16. The van der Waals surface area contributed by atoms with Gasteiger partial charge in [-0.2, -0.15) is 0 Å². The summed E-state index contributed by atoms with van der Waals surface area (Å²) in [6.07, 6.45) is 0. The molecule has 4 N–H and O–H groups in total. The van der Waals surface area contributed by atoms with Crippen molar-refractivity contribution in [2.75, 3.05) is 11.5 Å². The lowest BCUT2D eigenvalue weighted by Gasteiger charge is -1.98. The van der Waals surface area contributed by atoms with Crippen molar-refractivity contribution in [2.24, 2.45) is 0 Å². The number of benzene rings is 1. The molecule has 1 aromatic carbocycles. The van der Waals surface area contributed by atoms with Gasteiger partial charge < -0.3 is 16.0 Å². The van der Waals surface area contributed by atoms with E-state index in [1.807, 2.05) is 0 Å². The maximum Gasteiger partial charge on any atom is 0.245 e. The SMILES string of the molecule is Nc1onc(-c2ccccc2F)c1N. The quantitative estimate of drug-likeness (QED) is 0.721. The average Bonchev–Trinajstić information content (AvgIpc) is 2.49. The summed E-state index contributed by atoms with van der Waals surface area (Å²) in [4.78, 5) is 0. The largest absolute Gasteiger partial charge is 0.392 e. The summed E-state index contributed by atoms with van der Waals surface area (Å²) in [5, 5.41) is 3.58. The molecule has 2 rings (SSSR count). The van der Waals surface area contributed by atoms with Crippen LogP contribution in [-0.4, -0.2) is 5.16 Å². The summed E-state index contributed by atoms with van der Waals surface area (Å²) >= 11 is 0. The minimum atomic E-state index is -0.410. The van der Waals surface area contributed by atoms with E-state index in [1.54, 1.807) is 18.2 Å². The van der Waals surface area contributed by atoms with Gasteiger partial charge in [0.05, 0.1) is 0 Å². The molecule has 0 fully saturated rings. The molecule has 2 aromatic rings. The van der Waals surface area contributed by atoms with E-state index in [2.05, 4.69) is 9.68 Å². The summed E-state index contributed by atoms with van der Waals surface area (Å²) in [6, 6.07) is 6.14. The minimum Gasteiger partial charge on any atom is -0.392 e. The van der Waals surface area contributed by atoms with Crippen LogP contribution in [0.3, 0.4) is 0 Å². The van der Waals surface area contributed by atoms with Crippen LogP contribution in [0, 0.1) is 5.82 Å².